The van der Waals surface area contributed by atoms with Crippen molar-refractivity contribution >= 4 is 27.3 Å². The van der Waals surface area contributed by atoms with E-state index in [9.17, 15) is 22.0 Å². The van der Waals surface area contributed by atoms with Gasteiger partial charge in [0.15, 0.2) is 0 Å². The van der Waals surface area contributed by atoms with Gasteiger partial charge in [-0.05, 0) is 61.2 Å². The number of alkyl halides is 2. The molecule has 0 aliphatic carbocycles. The van der Waals surface area contributed by atoms with E-state index in [-0.39, 0.29) is 28.8 Å². The van der Waals surface area contributed by atoms with E-state index >= 15 is 0 Å². The quantitative estimate of drug-likeness (QED) is 0.409. The second-order valence-corrected chi connectivity index (χ2v) is 12.3. The summed E-state index contributed by atoms with van der Waals surface area (Å²) in [7, 11) is -3.72. The lowest BCUT2D eigenvalue weighted by atomic mass is 10.1. The molecule has 0 bridgehead atoms. The van der Waals surface area contributed by atoms with Crippen molar-refractivity contribution in [2.45, 2.75) is 56.0 Å². The summed E-state index contributed by atoms with van der Waals surface area (Å²) in [6, 6.07) is 15.8. The monoisotopic (exact) mass is 534 g/mol. The number of hydrogen-bond donors (Lipinski definition) is 1. The number of hydrogen-bond acceptors (Lipinski definition) is 5. The minimum Gasteiger partial charge on any atom is -0.489 e. The standard InChI is InChI=1S/C26H28F2N2O4S2/c1-18-11-12-24(35-18)36(32,33)30-13-5-10-23(30)25(31)29-16-19-6-4-9-22(15-19)34-17-20-7-3-8-21(14-20)26(2,27)28/h3-4,6-9,11-12,14-15,23H,5,10,13,16-17H2,1-2H3,(H,29,31). The molecule has 192 valence electrons. The van der Waals surface area contributed by atoms with Gasteiger partial charge < -0.3 is 10.1 Å². The lowest BCUT2D eigenvalue weighted by Crippen LogP contribution is -2.45. The van der Waals surface area contributed by atoms with E-state index in [1.165, 1.54) is 27.8 Å². The topological polar surface area (TPSA) is 75.7 Å². The second kappa shape index (κ2) is 10.7. The number of sulfonamides is 1. The molecular weight excluding hydrogens is 506 g/mol. The van der Waals surface area contributed by atoms with Gasteiger partial charge in [0.1, 0.15) is 22.6 Å². The van der Waals surface area contributed by atoms with E-state index in [1.54, 1.807) is 42.5 Å². The average molecular weight is 535 g/mol. The molecule has 10 heteroatoms. The molecule has 1 aromatic heterocycles. The van der Waals surface area contributed by atoms with Crippen LogP contribution >= 0.6 is 11.3 Å². The Labute approximate surface area is 214 Å². The van der Waals surface area contributed by atoms with Gasteiger partial charge in [-0.15, -0.1) is 11.3 Å². The normalized spacial score (nSPS) is 16.7. The highest BCUT2D eigenvalue weighted by atomic mass is 32.2. The zero-order chi connectivity index (χ0) is 25.9. The number of halogens is 2. The van der Waals surface area contributed by atoms with Crippen molar-refractivity contribution in [3.63, 3.8) is 0 Å². The first-order chi connectivity index (χ1) is 17.0. The first-order valence-corrected chi connectivity index (χ1v) is 13.8. The SMILES string of the molecule is Cc1ccc(S(=O)(=O)N2CCCC2C(=O)NCc2cccc(OCc3cccc(C(C)(F)F)c3)c2)s1. The number of nitrogens with zero attached hydrogens (tertiary/aromatic N) is 1. The smallest absolute Gasteiger partial charge is 0.270 e. The van der Waals surface area contributed by atoms with Crippen LogP contribution in [0.4, 0.5) is 8.78 Å². The van der Waals surface area contributed by atoms with Crippen molar-refractivity contribution < 1.29 is 26.7 Å². The van der Waals surface area contributed by atoms with Crippen LogP contribution in [0.3, 0.4) is 0 Å². The molecule has 0 radical (unpaired) electrons. The first-order valence-electron chi connectivity index (χ1n) is 11.6. The van der Waals surface area contributed by atoms with Crippen molar-refractivity contribution in [2.75, 3.05) is 6.54 Å². The van der Waals surface area contributed by atoms with Crippen molar-refractivity contribution in [3.8, 4) is 5.75 Å². The second-order valence-electron chi connectivity index (χ2n) is 8.88. The van der Waals surface area contributed by atoms with Crippen molar-refractivity contribution in [3.05, 3.63) is 82.2 Å². The van der Waals surface area contributed by atoms with Crippen LogP contribution in [0.5, 0.6) is 5.75 Å². The fourth-order valence-electron chi connectivity index (χ4n) is 4.11. The van der Waals surface area contributed by atoms with Gasteiger partial charge in [0.25, 0.3) is 15.9 Å². The highest BCUT2D eigenvalue weighted by molar-refractivity contribution is 7.91. The minimum atomic E-state index is -3.72. The Balaban J connectivity index is 1.36. The number of amides is 1. The zero-order valence-electron chi connectivity index (χ0n) is 20.0. The Kier molecular flexibility index (Phi) is 7.77. The number of thiophene rings is 1. The van der Waals surface area contributed by atoms with Crippen molar-refractivity contribution in [1.82, 2.24) is 9.62 Å². The molecule has 1 amide bonds. The van der Waals surface area contributed by atoms with Crippen LogP contribution in [0.2, 0.25) is 0 Å². The summed E-state index contributed by atoms with van der Waals surface area (Å²) in [4.78, 5) is 13.8. The molecular formula is C26H28F2N2O4S2. The Hall–Kier alpha value is -2.82. The van der Waals surface area contributed by atoms with E-state index in [0.717, 1.165) is 17.4 Å². The van der Waals surface area contributed by atoms with Crippen LogP contribution in [0.1, 0.15) is 41.3 Å². The highest BCUT2D eigenvalue weighted by Crippen LogP contribution is 2.30. The van der Waals surface area contributed by atoms with Gasteiger partial charge in [-0.2, -0.15) is 4.31 Å². The lowest BCUT2D eigenvalue weighted by Gasteiger charge is -2.22. The number of carbonyl (C=O) groups excluding carboxylic acids is 1. The van der Waals surface area contributed by atoms with Crippen LogP contribution in [0.15, 0.2) is 64.9 Å². The molecule has 4 rings (SSSR count). The van der Waals surface area contributed by atoms with E-state index in [1.807, 2.05) is 13.0 Å². The van der Waals surface area contributed by atoms with Gasteiger partial charge in [-0.1, -0.05) is 30.3 Å². The Morgan fingerprint density at radius 2 is 1.89 bits per heavy atom. The summed E-state index contributed by atoms with van der Waals surface area (Å²) in [6.45, 7) is 3.34. The summed E-state index contributed by atoms with van der Waals surface area (Å²) in [6.07, 6.45) is 1.09. The summed E-state index contributed by atoms with van der Waals surface area (Å²) >= 11 is 1.20. The Bertz CT molecular complexity index is 1340. The van der Waals surface area contributed by atoms with Crippen LogP contribution in [0.25, 0.3) is 0 Å². The van der Waals surface area contributed by atoms with Crippen LogP contribution in [-0.2, 0) is 33.9 Å². The molecule has 36 heavy (non-hydrogen) atoms. The molecule has 1 N–H and O–H groups in total. The number of carbonyl (C=O) groups is 1. The van der Waals surface area contributed by atoms with E-state index in [0.29, 0.717) is 30.7 Å². The van der Waals surface area contributed by atoms with Gasteiger partial charge in [-0.3, -0.25) is 4.79 Å². The van der Waals surface area contributed by atoms with E-state index < -0.39 is 22.0 Å². The number of rotatable bonds is 9. The molecule has 0 spiro atoms. The number of benzene rings is 2. The van der Waals surface area contributed by atoms with E-state index in [2.05, 4.69) is 5.32 Å². The van der Waals surface area contributed by atoms with Gasteiger partial charge in [0.05, 0.1) is 0 Å². The third-order valence-electron chi connectivity index (χ3n) is 5.99. The largest absolute Gasteiger partial charge is 0.489 e. The van der Waals surface area contributed by atoms with Crippen molar-refractivity contribution in [2.24, 2.45) is 0 Å². The predicted octanol–water partition coefficient (Wildman–Crippen LogP) is 5.22. The average Bonchev–Trinajstić information content (AvgIpc) is 3.51. The fourth-order valence-corrected chi connectivity index (χ4v) is 7.18. The first kappa shape index (κ1) is 26.2. The predicted molar refractivity (Wildman–Crippen MR) is 135 cm³/mol. The fraction of sp³-hybridized carbons (Fsp3) is 0.346. The summed E-state index contributed by atoms with van der Waals surface area (Å²) in [5, 5.41) is 2.84. The molecule has 1 unspecified atom stereocenters. The maximum atomic E-state index is 13.6. The Morgan fingerprint density at radius 3 is 2.61 bits per heavy atom. The number of ether oxygens (including phenoxy) is 1. The molecule has 2 aromatic carbocycles. The molecule has 1 atom stereocenters. The summed E-state index contributed by atoms with van der Waals surface area (Å²) < 4.78 is 60.6. The summed E-state index contributed by atoms with van der Waals surface area (Å²) in [5.41, 5.74) is 1.32. The highest BCUT2D eigenvalue weighted by Gasteiger charge is 2.39. The molecule has 1 aliphatic rings. The summed E-state index contributed by atoms with van der Waals surface area (Å²) in [5.74, 6) is -2.73. The number of nitrogens with one attached hydrogen (secondary N) is 1. The van der Waals surface area contributed by atoms with Crippen molar-refractivity contribution in [1.29, 1.82) is 0 Å². The third kappa shape index (κ3) is 6.11. The maximum Gasteiger partial charge on any atom is 0.270 e. The molecule has 1 aliphatic heterocycles. The van der Waals surface area contributed by atoms with Gasteiger partial charge in [-0.25, -0.2) is 17.2 Å². The van der Waals surface area contributed by atoms with Gasteiger partial charge >= 0.3 is 0 Å². The molecule has 3 aromatic rings. The van der Waals surface area contributed by atoms with Crippen LogP contribution < -0.4 is 10.1 Å². The minimum absolute atomic E-state index is 0.0720. The molecule has 2 heterocycles. The van der Waals surface area contributed by atoms with Crippen LogP contribution in [-0.4, -0.2) is 31.2 Å². The molecule has 1 fully saturated rings. The molecule has 6 nitrogen and oxygen atoms in total. The number of aryl methyl sites for hydroxylation is 1. The lowest BCUT2D eigenvalue weighted by molar-refractivity contribution is -0.124. The zero-order valence-corrected chi connectivity index (χ0v) is 21.7. The van der Waals surface area contributed by atoms with Gasteiger partial charge in [0, 0.05) is 30.5 Å². The van der Waals surface area contributed by atoms with E-state index in [4.69, 9.17) is 4.74 Å². The third-order valence-corrected chi connectivity index (χ3v) is 9.37. The van der Waals surface area contributed by atoms with Gasteiger partial charge in [0.2, 0.25) is 5.91 Å². The molecule has 0 saturated carbocycles. The maximum absolute atomic E-state index is 13.6. The molecule has 1 saturated heterocycles. The Morgan fingerprint density at radius 1 is 1.14 bits per heavy atom. The van der Waals surface area contributed by atoms with Crippen LogP contribution in [0, 0.1) is 6.92 Å².